The first kappa shape index (κ1) is 29.4. The number of allylic oxidation sites excluding steroid dienone is 8. The molecule has 204 valence electrons. The third kappa shape index (κ3) is 5.95. The van der Waals surface area contributed by atoms with Gasteiger partial charge in [0.2, 0.25) is 0 Å². The van der Waals surface area contributed by atoms with Crippen molar-refractivity contribution in [1.29, 1.82) is 0 Å². The SMILES string of the molecule is CN=C(C=CC=C(C)C=C/C=C1/N(C)c2ccc(C(=O)O)cc2C1(C)C)C(C)(C)c1cc(C(=O)O)ccc1C. The normalized spacial score (nSPS) is 16.9. The second-order valence-corrected chi connectivity index (χ2v) is 11.0. The van der Waals surface area contributed by atoms with Crippen molar-refractivity contribution in [3.63, 3.8) is 0 Å². The quantitative estimate of drug-likeness (QED) is 0.283. The molecule has 0 radical (unpaired) electrons. The van der Waals surface area contributed by atoms with Crippen LogP contribution in [0.25, 0.3) is 0 Å². The van der Waals surface area contributed by atoms with E-state index in [2.05, 4.69) is 29.8 Å². The van der Waals surface area contributed by atoms with Crippen LogP contribution < -0.4 is 4.90 Å². The van der Waals surface area contributed by atoms with Crippen LogP contribution in [0, 0.1) is 6.92 Å². The smallest absolute Gasteiger partial charge is 0.335 e. The lowest BCUT2D eigenvalue weighted by Gasteiger charge is -2.28. The molecule has 0 amide bonds. The zero-order valence-electron chi connectivity index (χ0n) is 24.0. The number of aliphatic imine (C=N–C) groups is 1. The number of carboxylic acid groups (broad SMARTS) is 2. The molecule has 1 aliphatic rings. The maximum absolute atomic E-state index is 11.5. The maximum Gasteiger partial charge on any atom is 0.335 e. The van der Waals surface area contributed by atoms with Crippen LogP contribution in [-0.4, -0.2) is 42.0 Å². The van der Waals surface area contributed by atoms with Crippen LogP contribution in [0.1, 0.15) is 72.0 Å². The zero-order chi connectivity index (χ0) is 29.1. The summed E-state index contributed by atoms with van der Waals surface area (Å²) in [6.07, 6.45) is 12.0. The molecule has 39 heavy (non-hydrogen) atoms. The zero-order valence-corrected chi connectivity index (χ0v) is 24.0. The summed E-state index contributed by atoms with van der Waals surface area (Å²) in [5, 5.41) is 18.8. The number of hydrogen-bond acceptors (Lipinski definition) is 4. The first-order valence-corrected chi connectivity index (χ1v) is 12.9. The summed E-state index contributed by atoms with van der Waals surface area (Å²) in [6, 6.07) is 10.5. The van der Waals surface area contributed by atoms with Gasteiger partial charge in [0, 0.05) is 42.0 Å². The van der Waals surface area contributed by atoms with Crippen LogP contribution in [0.15, 0.2) is 89.1 Å². The van der Waals surface area contributed by atoms with Crippen LogP contribution in [0.2, 0.25) is 0 Å². The van der Waals surface area contributed by atoms with Crippen LogP contribution in [-0.2, 0) is 10.8 Å². The third-order valence-corrected chi connectivity index (χ3v) is 7.55. The molecule has 2 aromatic rings. The van der Waals surface area contributed by atoms with Crippen molar-refractivity contribution in [2.24, 2.45) is 4.99 Å². The Balaban J connectivity index is 1.80. The average molecular weight is 527 g/mol. The molecule has 0 fully saturated rings. The van der Waals surface area contributed by atoms with Crippen molar-refractivity contribution in [2.75, 3.05) is 19.0 Å². The van der Waals surface area contributed by atoms with E-state index < -0.39 is 17.4 Å². The molecule has 0 aliphatic carbocycles. The number of benzene rings is 2. The highest BCUT2D eigenvalue weighted by Gasteiger charge is 2.38. The Labute approximate surface area is 231 Å². The van der Waals surface area contributed by atoms with Gasteiger partial charge >= 0.3 is 11.9 Å². The number of aryl methyl sites for hydroxylation is 1. The number of nitrogens with zero attached hydrogens (tertiary/aromatic N) is 2. The van der Waals surface area contributed by atoms with E-state index in [9.17, 15) is 19.8 Å². The Bertz CT molecular complexity index is 1450. The van der Waals surface area contributed by atoms with Gasteiger partial charge in [0.25, 0.3) is 0 Å². The van der Waals surface area contributed by atoms with Crippen LogP contribution >= 0.6 is 0 Å². The lowest BCUT2D eigenvalue weighted by atomic mass is 9.77. The van der Waals surface area contributed by atoms with Crippen molar-refractivity contribution < 1.29 is 19.8 Å². The minimum Gasteiger partial charge on any atom is -0.478 e. The van der Waals surface area contributed by atoms with E-state index in [4.69, 9.17) is 0 Å². The molecular formula is C33H38N2O4. The van der Waals surface area contributed by atoms with Gasteiger partial charge in [-0.1, -0.05) is 63.6 Å². The van der Waals surface area contributed by atoms with Crippen molar-refractivity contribution in [2.45, 2.75) is 52.4 Å². The summed E-state index contributed by atoms with van der Waals surface area (Å²) in [4.78, 5) is 29.6. The number of rotatable bonds is 8. The Hall–Kier alpha value is -4.19. The van der Waals surface area contributed by atoms with Gasteiger partial charge in [0.15, 0.2) is 0 Å². The van der Waals surface area contributed by atoms with Crippen molar-refractivity contribution >= 4 is 23.3 Å². The molecule has 2 aromatic carbocycles. The Morgan fingerprint density at radius 1 is 0.974 bits per heavy atom. The number of likely N-dealkylation sites (N-methyl/N-ethyl adjacent to an activating group) is 1. The van der Waals surface area contributed by atoms with Gasteiger partial charge < -0.3 is 15.1 Å². The molecule has 0 atom stereocenters. The van der Waals surface area contributed by atoms with Crippen molar-refractivity contribution in [3.05, 3.63) is 112 Å². The van der Waals surface area contributed by atoms with E-state index in [-0.39, 0.29) is 11.0 Å². The highest BCUT2D eigenvalue weighted by molar-refractivity contribution is 6.03. The Kier molecular flexibility index (Phi) is 8.49. The molecule has 0 aromatic heterocycles. The number of carboxylic acids is 2. The van der Waals surface area contributed by atoms with Gasteiger partial charge in [-0.15, -0.1) is 0 Å². The predicted octanol–water partition coefficient (Wildman–Crippen LogP) is 7.11. The van der Waals surface area contributed by atoms with Gasteiger partial charge in [-0.3, -0.25) is 4.99 Å². The first-order chi connectivity index (χ1) is 18.2. The summed E-state index contributed by atoms with van der Waals surface area (Å²) >= 11 is 0. The van der Waals surface area contributed by atoms with E-state index in [1.54, 1.807) is 31.3 Å². The molecule has 6 heteroatoms. The lowest BCUT2D eigenvalue weighted by molar-refractivity contribution is 0.0686. The Morgan fingerprint density at radius 2 is 1.59 bits per heavy atom. The van der Waals surface area contributed by atoms with E-state index >= 15 is 0 Å². The monoisotopic (exact) mass is 526 g/mol. The van der Waals surface area contributed by atoms with Gasteiger partial charge in [0.1, 0.15) is 0 Å². The first-order valence-electron chi connectivity index (χ1n) is 12.9. The van der Waals surface area contributed by atoms with Crippen LogP contribution in [0.4, 0.5) is 5.69 Å². The van der Waals surface area contributed by atoms with Crippen molar-refractivity contribution in [3.8, 4) is 0 Å². The fraction of sp³-hybridized carbons (Fsp3) is 0.303. The molecule has 1 heterocycles. The lowest BCUT2D eigenvalue weighted by Crippen LogP contribution is -2.29. The van der Waals surface area contributed by atoms with Crippen molar-refractivity contribution in [1.82, 2.24) is 0 Å². The summed E-state index contributed by atoms with van der Waals surface area (Å²) in [5.74, 6) is -1.87. The maximum atomic E-state index is 11.5. The van der Waals surface area contributed by atoms with Crippen LogP contribution in [0.3, 0.4) is 0 Å². The third-order valence-electron chi connectivity index (χ3n) is 7.55. The molecule has 6 nitrogen and oxygen atoms in total. The molecule has 2 N–H and O–H groups in total. The molecule has 0 saturated heterocycles. The topological polar surface area (TPSA) is 90.2 Å². The van der Waals surface area contributed by atoms with E-state index in [1.165, 1.54) is 0 Å². The highest BCUT2D eigenvalue weighted by atomic mass is 16.4. The standard InChI is InChI=1S/C33H38N2O4/c1-21(11-9-13-28(34-7)32(3,4)25-19-23(30(36)37)16-15-22(25)2)12-10-14-29-33(5,6)26-20-24(31(38)39)17-18-27(26)35(29)8/h9-20H,1-8H3,(H,36,37)(H,38,39)/b12-10?,13-9?,21-11?,29-14+,34-28?. The second kappa shape index (κ2) is 11.3. The number of anilines is 1. The van der Waals surface area contributed by atoms with E-state index in [0.29, 0.717) is 5.56 Å². The molecule has 0 bridgehead atoms. The molecule has 1 aliphatic heterocycles. The van der Waals surface area contributed by atoms with Gasteiger partial charge in [0.05, 0.1) is 11.1 Å². The summed E-state index contributed by atoms with van der Waals surface area (Å²) in [6.45, 7) is 12.3. The second-order valence-electron chi connectivity index (χ2n) is 11.0. The number of hydrogen-bond donors (Lipinski definition) is 2. The largest absolute Gasteiger partial charge is 0.478 e. The summed E-state index contributed by atoms with van der Waals surface area (Å²) < 4.78 is 0. The molecule has 0 spiro atoms. The fourth-order valence-corrected chi connectivity index (χ4v) is 5.24. The Morgan fingerprint density at radius 3 is 2.21 bits per heavy atom. The molecule has 0 saturated carbocycles. The molecular weight excluding hydrogens is 488 g/mol. The predicted molar refractivity (Wildman–Crippen MR) is 159 cm³/mol. The molecule has 3 rings (SSSR count). The van der Waals surface area contributed by atoms with Crippen LogP contribution in [0.5, 0.6) is 0 Å². The number of fused-ring (bicyclic) bond motifs is 1. The minimum absolute atomic E-state index is 0.264. The number of aromatic carboxylic acids is 2. The summed E-state index contributed by atoms with van der Waals surface area (Å²) in [5.41, 5.74) is 6.68. The van der Waals surface area contributed by atoms with Gasteiger partial charge in [-0.2, -0.15) is 0 Å². The van der Waals surface area contributed by atoms with Gasteiger partial charge in [-0.05, 0) is 73.0 Å². The average Bonchev–Trinajstić information content (AvgIpc) is 3.06. The number of carbonyl (C=O) groups is 2. The van der Waals surface area contributed by atoms with E-state index in [1.807, 2.05) is 77.3 Å². The summed E-state index contributed by atoms with van der Waals surface area (Å²) in [7, 11) is 3.75. The molecule has 0 unspecified atom stereocenters. The fourth-order valence-electron chi connectivity index (χ4n) is 5.24. The highest BCUT2D eigenvalue weighted by Crippen LogP contribution is 2.47. The van der Waals surface area contributed by atoms with E-state index in [0.717, 1.165) is 39.4 Å². The minimum atomic E-state index is -0.945. The van der Waals surface area contributed by atoms with Gasteiger partial charge in [-0.25, -0.2) is 9.59 Å².